The van der Waals surface area contributed by atoms with Crippen molar-refractivity contribution in [1.82, 2.24) is 9.80 Å². The predicted molar refractivity (Wildman–Crippen MR) is 181 cm³/mol. The van der Waals surface area contributed by atoms with Gasteiger partial charge in [0.25, 0.3) is 11.8 Å². The number of hydrogen-bond acceptors (Lipinski definition) is 8. The van der Waals surface area contributed by atoms with Crippen LogP contribution in [0.15, 0.2) is 46.4 Å². The SMILES string of the molecule is O=C1c2cc3c(cc2N=C[C@@H]2CCCN12)OCCCOc1cc2c(cc1OCCCC/C=C/CCCCO3)C(=O)N1CCC[C@H]1C=N2. The minimum atomic E-state index is -0.00231. The van der Waals surface area contributed by atoms with E-state index < -0.39 is 0 Å². The highest BCUT2D eigenvalue weighted by atomic mass is 16.5. The molecule has 0 aliphatic carbocycles. The van der Waals surface area contributed by atoms with E-state index in [2.05, 4.69) is 12.2 Å². The fraction of sp³-hybridized carbons (Fsp3) is 0.514. The molecule has 0 saturated carbocycles. The topological polar surface area (TPSA) is 102 Å². The Bertz CT molecular complexity index is 1450. The van der Waals surface area contributed by atoms with Crippen molar-refractivity contribution in [3.05, 3.63) is 47.5 Å². The number of benzene rings is 2. The minimum Gasteiger partial charge on any atom is -0.490 e. The van der Waals surface area contributed by atoms with Crippen molar-refractivity contribution < 1.29 is 28.5 Å². The van der Waals surface area contributed by atoms with Crippen LogP contribution in [0.3, 0.4) is 0 Å². The lowest BCUT2D eigenvalue weighted by Gasteiger charge is -2.21. The third kappa shape index (κ3) is 7.01. The number of nitrogens with zero attached hydrogens (tertiary/aromatic N) is 4. The molecule has 2 aromatic rings. The van der Waals surface area contributed by atoms with Crippen molar-refractivity contribution in [3.8, 4) is 23.0 Å². The molecule has 2 atom stereocenters. The van der Waals surface area contributed by atoms with Gasteiger partial charge in [0.1, 0.15) is 0 Å². The van der Waals surface area contributed by atoms with Gasteiger partial charge in [0.2, 0.25) is 0 Å². The Morgan fingerprint density at radius 2 is 0.957 bits per heavy atom. The first-order valence-electron chi connectivity index (χ1n) is 17.4. The molecule has 10 heteroatoms. The van der Waals surface area contributed by atoms with Crippen LogP contribution in [0.4, 0.5) is 11.4 Å². The summed E-state index contributed by atoms with van der Waals surface area (Å²) in [6, 6.07) is 7.36. The summed E-state index contributed by atoms with van der Waals surface area (Å²) in [7, 11) is 0. The Kier molecular flexibility index (Phi) is 9.72. The molecule has 0 bridgehead atoms. The Balaban J connectivity index is 1.10. The number of carbonyl (C=O) groups excluding carboxylic acids is 2. The smallest absolute Gasteiger partial charge is 0.256 e. The lowest BCUT2D eigenvalue weighted by molar-refractivity contribution is 0.0766. The Morgan fingerprint density at radius 1 is 0.532 bits per heavy atom. The number of ether oxygens (including phenoxy) is 4. The second kappa shape index (κ2) is 14.6. The van der Waals surface area contributed by atoms with Gasteiger partial charge < -0.3 is 28.7 Å². The third-order valence-electron chi connectivity index (χ3n) is 9.49. The average molecular weight is 641 g/mol. The van der Waals surface area contributed by atoms with Crippen LogP contribution in [-0.2, 0) is 0 Å². The number of rotatable bonds is 0. The first kappa shape index (κ1) is 31.3. The van der Waals surface area contributed by atoms with Crippen molar-refractivity contribution in [2.75, 3.05) is 39.5 Å². The number of allylic oxidation sites excluding steroid dienone is 2. The Hall–Kier alpha value is -4.34. The summed E-state index contributed by atoms with van der Waals surface area (Å²) in [5, 5.41) is 0. The quantitative estimate of drug-likeness (QED) is 0.292. The van der Waals surface area contributed by atoms with Crippen LogP contribution in [0.5, 0.6) is 23.0 Å². The van der Waals surface area contributed by atoms with E-state index in [1.165, 1.54) is 0 Å². The fourth-order valence-corrected chi connectivity index (χ4v) is 6.90. The number of amides is 2. The second-order valence-corrected chi connectivity index (χ2v) is 12.8. The Labute approximate surface area is 276 Å². The molecule has 7 rings (SSSR count). The van der Waals surface area contributed by atoms with Gasteiger partial charge in [-0.1, -0.05) is 12.2 Å². The molecule has 10 nitrogen and oxygen atoms in total. The zero-order valence-electron chi connectivity index (χ0n) is 27.0. The molecular weight excluding hydrogens is 596 g/mol. The predicted octanol–water partition coefficient (Wildman–Crippen LogP) is 6.84. The van der Waals surface area contributed by atoms with Crippen molar-refractivity contribution in [2.24, 2.45) is 9.98 Å². The summed E-state index contributed by atoms with van der Waals surface area (Å²) in [5.41, 5.74) is 2.34. The van der Waals surface area contributed by atoms with Gasteiger partial charge in [0.15, 0.2) is 23.0 Å². The molecule has 0 aromatic heterocycles. The lowest BCUT2D eigenvalue weighted by atomic mass is 10.1. The molecule has 5 aliphatic heterocycles. The van der Waals surface area contributed by atoms with Crippen LogP contribution in [0.2, 0.25) is 0 Å². The van der Waals surface area contributed by atoms with Crippen molar-refractivity contribution in [1.29, 1.82) is 0 Å². The number of fused-ring (bicyclic) bond motifs is 6. The first-order valence-corrected chi connectivity index (χ1v) is 17.4. The third-order valence-corrected chi connectivity index (χ3v) is 9.49. The molecule has 2 saturated heterocycles. The molecule has 2 fully saturated rings. The summed E-state index contributed by atoms with van der Waals surface area (Å²) in [5.74, 6) is 2.27. The fourth-order valence-electron chi connectivity index (χ4n) is 6.90. The highest BCUT2D eigenvalue weighted by Gasteiger charge is 2.34. The van der Waals surface area contributed by atoms with Gasteiger partial charge in [-0.2, -0.15) is 0 Å². The first-order chi connectivity index (χ1) is 23.2. The zero-order valence-corrected chi connectivity index (χ0v) is 27.0. The molecule has 248 valence electrons. The summed E-state index contributed by atoms with van der Waals surface area (Å²) in [6.45, 7) is 3.32. The molecule has 0 radical (unpaired) electrons. The Morgan fingerprint density at radius 3 is 1.43 bits per heavy atom. The number of hydrogen-bond donors (Lipinski definition) is 0. The standard InChI is InChI=1S/C37H44N4O6/c42-36-28-20-32-34(22-30(28)38-24-26-12-9-14-40(26)36)46-18-11-19-47-35-23-31-29(37(43)41-15-10-13-27(41)25-39-31)21-33(35)45-17-8-6-4-2-1-3-5-7-16-44-32/h1-2,20-27H,3-19H2/b2-1+/t26-,27-/m0/s1. The van der Waals surface area contributed by atoms with E-state index in [0.717, 1.165) is 77.3 Å². The maximum Gasteiger partial charge on any atom is 0.256 e. The van der Waals surface area contributed by atoms with Gasteiger partial charge in [0.05, 0.1) is 61.0 Å². The van der Waals surface area contributed by atoms with Crippen molar-refractivity contribution in [2.45, 2.75) is 82.7 Å². The molecule has 0 unspecified atom stereocenters. The van der Waals surface area contributed by atoms with Gasteiger partial charge in [0, 0.05) is 44.1 Å². The van der Waals surface area contributed by atoms with Crippen molar-refractivity contribution in [3.63, 3.8) is 0 Å². The van der Waals surface area contributed by atoms with Gasteiger partial charge in [-0.25, -0.2) is 0 Å². The number of aliphatic imine (C=N–C) groups is 2. The zero-order chi connectivity index (χ0) is 32.0. The van der Waals surface area contributed by atoms with E-state index in [1.54, 1.807) is 0 Å². The molecule has 0 N–H and O–H groups in total. The van der Waals surface area contributed by atoms with Gasteiger partial charge in [-0.3, -0.25) is 19.6 Å². The average Bonchev–Trinajstić information content (AvgIpc) is 3.71. The van der Waals surface area contributed by atoms with Crippen LogP contribution in [0.25, 0.3) is 0 Å². The van der Waals surface area contributed by atoms with Crippen LogP contribution in [0.1, 0.15) is 91.3 Å². The van der Waals surface area contributed by atoms with E-state index in [9.17, 15) is 9.59 Å². The van der Waals surface area contributed by atoms with E-state index in [1.807, 2.05) is 46.5 Å². The molecule has 0 spiro atoms. The molecule has 2 amide bonds. The maximum absolute atomic E-state index is 13.4. The summed E-state index contributed by atoms with van der Waals surface area (Å²) in [6.07, 6.45) is 18.5. The van der Waals surface area contributed by atoms with Gasteiger partial charge >= 0.3 is 0 Å². The molecule has 5 heterocycles. The van der Waals surface area contributed by atoms with Crippen LogP contribution >= 0.6 is 0 Å². The van der Waals surface area contributed by atoms with Crippen LogP contribution in [0, 0.1) is 0 Å². The van der Waals surface area contributed by atoms with Gasteiger partial charge in [-0.15, -0.1) is 0 Å². The molecule has 5 aliphatic rings. The van der Waals surface area contributed by atoms with Crippen molar-refractivity contribution >= 4 is 35.6 Å². The molecular formula is C37H44N4O6. The molecule has 2 aromatic carbocycles. The summed E-state index contributed by atoms with van der Waals surface area (Å²) in [4.78, 5) is 40.1. The van der Waals surface area contributed by atoms with Gasteiger partial charge in [-0.05, 0) is 76.3 Å². The summed E-state index contributed by atoms with van der Waals surface area (Å²) >= 11 is 0. The van der Waals surface area contributed by atoms with Crippen LogP contribution < -0.4 is 18.9 Å². The maximum atomic E-state index is 13.4. The normalized spacial score (nSPS) is 24.3. The highest BCUT2D eigenvalue weighted by Crippen LogP contribution is 2.40. The number of carbonyl (C=O) groups is 2. The largest absolute Gasteiger partial charge is 0.490 e. The molecule has 47 heavy (non-hydrogen) atoms. The van der Waals surface area contributed by atoms with E-state index in [-0.39, 0.29) is 23.9 Å². The lowest BCUT2D eigenvalue weighted by Crippen LogP contribution is -2.35. The summed E-state index contributed by atoms with van der Waals surface area (Å²) < 4.78 is 25.0. The van der Waals surface area contributed by atoms with E-state index >= 15 is 0 Å². The van der Waals surface area contributed by atoms with Crippen LogP contribution in [-0.4, -0.2) is 85.6 Å². The monoisotopic (exact) mass is 640 g/mol. The van der Waals surface area contributed by atoms with E-state index in [0.29, 0.717) is 78.3 Å². The van der Waals surface area contributed by atoms with E-state index in [4.69, 9.17) is 28.9 Å². The highest BCUT2D eigenvalue weighted by molar-refractivity contribution is 6.04. The second-order valence-electron chi connectivity index (χ2n) is 12.8. The minimum absolute atomic E-state index is 0.00231.